The standard InChI is InChI=1S/C17H18N4OS/c1-13-19-17(14-6-3-2-4-7-14)21(20-13)12-16(22)18-10-9-15-8-5-11-23-15/h2-8,11H,9-10,12H2,1H3,(H,18,22). The highest BCUT2D eigenvalue weighted by Gasteiger charge is 2.12. The summed E-state index contributed by atoms with van der Waals surface area (Å²) in [7, 11) is 0. The van der Waals surface area contributed by atoms with Crippen molar-refractivity contribution in [3.63, 3.8) is 0 Å². The monoisotopic (exact) mass is 326 g/mol. The van der Waals surface area contributed by atoms with Gasteiger partial charge in [0.25, 0.3) is 0 Å². The van der Waals surface area contributed by atoms with Crippen molar-refractivity contribution in [2.75, 3.05) is 6.54 Å². The van der Waals surface area contributed by atoms with E-state index < -0.39 is 0 Å². The van der Waals surface area contributed by atoms with E-state index in [1.165, 1.54) is 4.88 Å². The second kappa shape index (κ2) is 7.19. The van der Waals surface area contributed by atoms with E-state index in [1.54, 1.807) is 16.0 Å². The number of aryl methyl sites for hydroxylation is 1. The molecule has 1 N–H and O–H groups in total. The summed E-state index contributed by atoms with van der Waals surface area (Å²) in [4.78, 5) is 17.8. The molecule has 0 saturated carbocycles. The van der Waals surface area contributed by atoms with Crippen molar-refractivity contribution in [2.24, 2.45) is 0 Å². The van der Waals surface area contributed by atoms with Crippen molar-refractivity contribution in [1.29, 1.82) is 0 Å². The van der Waals surface area contributed by atoms with Gasteiger partial charge in [0.2, 0.25) is 5.91 Å². The molecule has 3 rings (SSSR count). The molecule has 3 aromatic rings. The second-order valence-corrected chi connectivity index (χ2v) is 6.22. The van der Waals surface area contributed by atoms with Gasteiger partial charge in [-0.25, -0.2) is 9.67 Å². The summed E-state index contributed by atoms with van der Waals surface area (Å²) in [5, 5.41) is 9.31. The van der Waals surface area contributed by atoms with Gasteiger partial charge in [-0.05, 0) is 24.8 Å². The lowest BCUT2D eigenvalue weighted by molar-refractivity contribution is -0.121. The van der Waals surface area contributed by atoms with E-state index in [4.69, 9.17) is 0 Å². The molecule has 2 aromatic heterocycles. The molecular formula is C17H18N4OS. The molecule has 6 heteroatoms. The number of benzene rings is 1. The molecule has 0 atom stereocenters. The number of hydrogen-bond donors (Lipinski definition) is 1. The highest BCUT2D eigenvalue weighted by atomic mass is 32.1. The molecule has 0 bridgehead atoms. The topological polar surface area (TPSA) is 59.8 Å². The number of rotatable bonds is 6. The molecule has 0 spiro atoms. The molecule has 0 unspecified atom stereocenters. The Hall–Kier alpha value is -2.47. The van der Waals surface area contributed by atoms with E-state index in [9.17, 15) is 4.79 Å². The zero-order valence-electron chi connectivity index (χ0n) is 12.9. The molecule has 0 radical (unpaired) electrons. The van der Waals surface area contributed by atoms with Gasteiger partial charge in [-0.2, -0.15) is 5.10 Å². The van der Waals surface area contributed by atoms with E-state index in [2.05, 4.69) is 21.5 Å². The number of carbonyl (C=O) groups excluding carboxylic acids is 1. The highest BCUT2D eigenvalue weighted by molar-refractivity contribution is 7.09. The third-order valence-corrected chi connectivity index (χ3v) is 4.31. The fourth-order valence-electron chi connectivity index (χ4n) is 2.34. The molecular weight excluding hydrogens is 308 g/mol. The minimum absolute atomic E-state index is 0.0522. The van der Waals surface area contributed by atoms with E-state index in [-0.39, 0.29) is 12.5 Å². The first-order valence-corrected chi connectivity index (χ1v) is 8.36. The van der Waals surface area contributed by atoms with Crippen molar-refractivity contribution in [1.82, 2.24) is 20.1 Å². The predicted octanol–water partition coefficient (Wildman–Crippen LogP) is 2.67. The maximum Gasteiger partial charge on any atom is 0.241 e. The Labute approximate surface area is 139 Å². The number of amides is 1. The maximum atomic E-state index is 12.1. The van der Waals surface area contributed by atoms with Gasteiger partial charge < -0.3 is 5.32 Å². The molecule has 0 fully saturated rings. The number of carbonyl (C=O) groups is 1. The van der Waals surface area contributed by atoms with Gasteiger partial charge in [0.1, 0.15) is 12.4 Å². The molecule has 0 aliphatic rings. The van der Waals surface area contributed by atoms with Gasteiger partial charge in [-0.3, -0.25) is 4.79 Å². The summed E-state index contributed by atoms with van der Waals surface area (Å²) >= 11 is 1.70. The van der Waals surface area contributed by atoms with Crippen LogP contribution in [0.5, 0.6) is 0 Å². The van der Waals surface area contributed by atoms with Gasteiger partial charge in [-0.1, -0.05) is 36.4 Å². The van der Waals surface area contributed by atoms with Crippen LogP contribution in [-0.4, -0.2) is 27.2 Å². The quantitative estimate of drug-likeness (QED) is 0.757. The van der Waals surface area contributed by atoms with Crippen LogP contribution in [0.25, 0.3) is 11.4 Å². The summed E-state index contributed by atoms with van der Waals surface area (Å²) in [6.07, 6.45) is 0.853. The van der Waals surface area contributed by atoms with E-state index >= 15 is 0 Å². The van der Waals surface area contributed by atoms with Crippen LogP contribution in [0.4, 0.5) is 0 Å². The highest BCUT2D eigenvalue weighted by Crippen LogP contribution is 2.16. The van der Waals surface area contributed by atoms with Crippen LogP contribution >= 0.6 is 11.3 Å². The normalized spacial score (nSPS) is 10.7. The molecule has 2 heterocycles. The number of nitrogens with one attached hydrogen (secondary N) is 1. The van der Waals surface area contributed by atoms with Crippen LogP contribution < -0.4 is 5.32 Å². The van der Waals surface area contributed by atoms with E-state index in [0.29, 0.717) is 12.4 Å². The van der Waals surface area contributed by atoms with Gasteiger partial charge in [0.15, 0.2) is 5.82 Å². The summed E-state index contributed by atoms with van der Waals surface area (Å²) < 4.78 is 1.66. The summed E-state index contributed by atoms with van der Waals surface area (Å²) in [6.45, 7) is 2.64. The number of aromatic nitrogens is 3. The first-order chi connectivity index (χ1) is 11.2. The predicted molar refractivity (Wildman–Crippen MR) is 91.2 cm³/mol. The minimum atomic E-state index is -0.0522. The first kappa shape index (κ1) is 15.4. The Morgan fingerprint density at radius 2 is 2.04 bits per heavy atom. The lowest BCUT2D eigenvalue weighted by Crippen LogP contribution is -2.29. The van der Waals surface area contributed by atoms with Crippen LogP contribution in [0, 0.1) is 6.92 Å². The maximum absolute atomic E-state index is 12.1. The molecule has 23 heavy (non-hydrogen) atoms. The van der Waals surface area contributed by atoms with Crippen LogP contribution in [0.3, 0.4) is 0 Å². The van der Waals surface area contributed by atoms with Crippen LogP contribution in [-0.2, 0) is 17.8 Å². The fourth-order valence-corrected chi connectivity index (χ4v) is 3.05. The molecule has 1 amide bonds. The Kier molecular flexibility index (Phi) is 4.83. The second-order valence-electron chi connectivity index (χ2n) is 5.19. The van der Waals surface area contributed by atoms with Crippen molar-refractivity contribution >= 4 is 17.2 Å². The lowest BCUT2D eigenvalue weighted by atomic mass is 10.2. The third-order valence-electron chi connectivity index (χ3n) is 3.38. The van der Waals surface area contributed by atoms with Gasteiger partial charge in [0.05, 0.1) is 0 Å². The van der Waals surface area contributed by atoms with Crippen LogP contribution in [0.2, 0.25) is 0 Å². The summed E-state index contributed by atoms with van der Waals surface area (Å²) in [5.41, 5.74) is 0.958. The van der Waals surface area contributed by atoms with Gasteiger partial charge >= 0.3 is 0 Å². The largest absolute Gasteiger partial charge is 0.354 e. The molecule has 1 aromatic carbocycles. The molecule has 5 nitrogen and oxygen atoms in total. The Morgan fingerprint density at radius 3 is 2.78 bits per heavy atom. The van der Waals surface area contributed by atoms with Crippen LogP contribution in [0.15, 0.2) is 47.8 Å². The molecule has 0 saturated heterocycles. The number of hydrogen-bond acceptors (Lipinski definition) is 4. The lowest BCUT2D eigenvalue weighted by Gasteiger charge is -2.07. The Bertz CT molecular complexity index is 765. The van der Waals surface area contributed by atoms with Crippen molar-refractivity contribution in [2.45, 2.75) is 19.9 Å². The summed E-state index contributed by atoms with van der Waals surface area (Å²) in [5.74, 6) is 1.33. The molecule has 0 aliphatic heterocycles. The average Bonchev–Trinajstić information content (AvgIpc) is 3.18. The number of thiophene rings is 1. The van der Waals surface area contributed by atoms with Crippen molar-refractivity contribution in [3.05, 3.63) is 58.5 Å². The zero-order chi connectivity index (χ0) is 16.1. The Morgan fingerprint density at radius 1 is 1.22 bits per heavy atom. The fraction of sp³-hybridized carbons (Fsp3) is 0.235. The SMILES string of the molecule is Cc1nc(-c2ccccc2)n(CC(=O)NCCc2cccs2)n1. The molecule has 0 aliphatic carbocycles. The van der Waals surface area contributed by atoms with Crippen molar-refractivity contribution in [3.8, 4) is 11.4 Å². The smallest absolute Gasteiger partial charge is 0.241 e. The van der Waals surface area contributed by atoms with Crippen molar-refractivity contribution < 1.29 is 4.79 Å². The third kappa shape index (κ3) is 4.04. The minimum Gasteiger partial charge on any atom is -0.354 e. The number of nitrogens with zero attached hydrogens (tertiary/aromatic N) is 3. The van der Waals surface area contributed by atoms with E-state index in [0.717, 1.165) is 17.8 Å². The van der Waals surface area contributed by atoms with Crippen LogP contribution in [0.1, 0.15) is 10.7 Å². The first-order valence-electron chi connectivity index (χ1n) is 7.48. The molecule has 118 valence electrons. The van der Waals surface area contributed by atoms with E-state index in [1.807, 2.05) is 48.7 Å². The Balaban J connectivity index is 1.62. The summed E-state index contributed by atoms with van der Waals surface area (Å²) in [6, 6.07) is 13.9. The van der Waals surface area contributed by atoms with Gasteiger partial charge in [-0.15, -0.1) is 11.3 Å². The van der Waals surface area contributed by atoms with Gasteiger partial charge in [0, 0.05) is 17.0 Å². The average molecular weight is 326 g/mol. The zero-order valence-corrected chi connectivity index (χ0v) is 13.7.